The summed E-state index contributed by atoms with van der Waals surface area (Å²) in [6.45, 7) is 10.8. The van der Waals surface area contributed by atoms with Gasteiger partial charge in [-0.05, 0) is 38.1 Å². The molecule has 0 atom stereocenters. The van der Waals surface area contributed by atoms with Crippen LogP contribution in [0.25, 0.3) is 0 Å². The molecule has 1 aliphatic carbocycles. The van der Waals surface area contributed by atoms with Gasteiger partial charge in [-0.2, -0.15) is 0 Å². The largest absolute Gasteiger partial charge is 0.378 e. The molecule has 16 heavy (non-hydrogen) atoms. The summed E-state index contributed by atoms with van der Waals surface area (Å²) in [7, 11) is 0. The van der Waals surface area contributed by atoms with Gasteiger partial charge in [-0.3, -0.25) is 4.90 Å². The number of likely N-dealkylation sites (tertiary alicyclic amines) is 1. The van der Waals surface area contributed by atoms with Gasteiger partial charge in [0.05, 0.1) is 6.10 Å². The van der Waals surface area contributed by atoms with Crippen molar-refractivity contribution in [3.63, 3.8) is 0 Å². The lowest BCUT2D eigenvalue weighted by Gasteiger charge is -2.52. The highest BCUT2D eigenvalue weighted by Crippen LogP contribution is 2.44. The van der Waals surface area contributed by atoms with Crippen LogP contribution in [0.3, 0.4) is 0 Å². The van der Waals surface area contributed by atoms with Gasteiger partial charge in [-0.1, -0.05) is 13.8 Å². The monoisotopic (exact) mass is 226 g/mol. The highest BCUT2D eigenvalue weighted by Gasteiger charge is 2.50. The molecule has 3 heteroatoms. The molecule has 2 aliphatic rings. The minimum Gasteiger partial charge on any atom is -0.378 e. The Morgan fingerprint density at radius 1 is 1.38 bits per heavy atom. The second-order valence-corrected chi connectivity index (χ2v) is 6.25. The van der Waals surface area contributed by atoms with Crippen molar-refractivity contribution in [2.45, 2.75) is 51.7 Å². The van der Waals surface area contributed by atoms with Crippen molar-refractivity contribution in [2.24, 2.45) is 11.1 Å². The molecule has 1 heterocycles. The van der Waals surface area contributed by atoms with Crippen LogP contribution in [-0.2, 0) is 4.74 Å². The number of ether oxygens (including phenoxy) is 1. The average Bonchev–Trinajstić information content (AvgIpc) is 2.52. The Labute approximate surface area is 99.3 Å². The van der Waals surface area contributed by atoms with Gasteiger partial charge in [-0.25, -0.2) is 0 Å². The molecule has 0 aromatic heterocycles. The zero-order valence-corrected chi connectivity index (χ0v) is 11.0. The number of nitrogens with two attached hydrogens (primary N) is 1. The molecule has 1 saturated carbocycles. The van der Waals surface area contributed by atoms with Crippen LogP contribution in [0.1, 0.15) is 40.0 Å². The number of hydrogen-bond donors (Lipinski definition) is 1. The van der Waals surface area contributed by atoms with Crippen LogP contribution in [0.2, 0.25) is 0 Å². The van der Waals surface area contributed by atoms with Crippen molar-refractivity contribution in [2.75, 3.05) is 26.2 Å². The molecule has 0 aromatic rings. The van der Waals surface area contributed by atoms with Crippen molar-refractivity contribution in [1.82, 2.24) is 4.90 Å². The second kappa shape index (κ2) is 4.28. The first-order valence-corrected chi connectivity index (χ1v) is 6.58. The van der Waals surface area contributed by atoms with E-state index in [1.807, 2.05) is 0 Å². The minimum absolute atomic E-state index is 0.258. The topological polar surface area (TPSA) is 38.5 Å². The van der Waals surface area contributed by atoms with Crippen LogP contribution >= 0.6 is 0 Å². The normalized spacial score (nSPS) is 38.6. The van der Waals surface area contributed by atoms with Crippen LogP contribution in [0.4, 0.5) is 0 Å². The third-order valence-corrected chi connectivity index (χ3v) is 4.35. The zero-order chi connectivity index (χ0) is 11.8. The van der Waals surface area contributed by atoms with Crippen molar-refractivity contribution >= 4 is 0 Å². The van der Waals surface area contributed by atoms with Gasteiger partial charge in [0, 0.05) is 25.2 Å². The van der Waals surface area contributed by atoms with E-state index in [0.717, 1.165) is 26.0 Å². The second-order valence-electron chi connectivity index (χ2n) is 6.25. The lowest BCUT2D eigenvalue weighted by atomic mass is 9.72. The first-order chi connectivity index (χ1) is 7.51. The van der Waals surface area contributed by atoms with Crippen LogP contribution in [-0.4, -0.2) is 42.8 Å². The summed E-state index contributed by atoms with van der Waals surface area (Å²) in [5.74, 6) is 0. The van der Waals surface area contributed by atoms with E-state index >= 15 is 0 Å². The standard InChI is InChI=1S/C13H26N2O/c1-4-16-11-7-13(8-11,9-14)15-6-5-12(2,3)10-15/h11H,4-10,14H2,1-3H3. The first kappa shape index (κ1) is 12.3. The first-order valence-electron chi connectivity index (χ1n) is 6.58. The Bertz CT molecular complexity index is 246. The van der Waals surface area contributed by atoms with E-state index in [4.69, 9.17) is 10.5 Å². The lowest BCUT2D eigenvalue weighted by Crippen LogP contribution is -2.63. The molecule has 0 aromatic carbocycles. The molecule has 2 rings (SSSR count). The van der Waals surface area contributed by atoms with E-state index in [1.54, 1.807) is 0 Å². The zero-order valence-electron chi connectivity index (χ0n) is 11.0. The number of hydrogen-bond acceptors (Lipinski definition) is 3. The summed E-state index contributed by atoms with van der Waals surface area (Å²) in [5.41, 5.74) is 6.73. The number of nitrogens with zero attached hydrogens (tertiary/aromatic N) is 1. The quantitative estimate of drug-likeness (QED) is 0.791. The molecule has 2 fully saturated rings. The van der Waals surface area contributed by atoms with Crippen molar-refractivity contribution in [3.8, 4) is 0 Å². The highest BCUT2D eigenvalue weighted by atomic mass is 16.5. The molecule has 94 valence electrons. The van der Waals surface area contributed by atoms with E-state index in [1.165, 1.54) is 19.5 Å². The van der Waals surface area contributed by atoms with Gasteiger partial charge in [0.1, 0.15) is 0 Å². The van der Waals surface area contributed by atoms with Gasteiger partial charge in [0.25, 0.3) is 0 Å². The third-order valence-electron chi connectivity index (χ3n) is 4.35. The summed E-state index contributed by atoms with van der Waals surface area (Å²) in [5, 5.41) is 0. The molecule has 1 aliphatic heterocycles. The Morgan fingerprint density at radius 2 is 2.06 bits per heavy atom. The fraction of sp³-hybridized carbons (Fsp3) is 1.00. The highest BCUT2D eigenvalue weighted by molar-refractivity contribution is 5.07. The summed E-state index contributed by atoms with van der Waals surface area (Å²) in [4.78, 5) is 2.61. The van der Waals surface area contributed by atoms with E-state index in [9.17, 15) is 0 Å². The Hall–Kier alpha value is -0.120. The summed E-state index contributed by atoms with van der Waals surface area (Å²) in [6, 6.07) is 0. The molecular formula is C13H26N2O. The maximum atomic E-state index is 6.00. The van der Waals surface area contributed by atoms with Crippen LogP contribution in [0.15, 0.2) is 0 Å². The summed E-state index contributed by atoms with van der Waals surface area (Å²) >= 11 is 0. The van der Waals surface area contributed by atoms with Crippen LogP contribution in [0, 0.1) is 5.41 Å². The van der Waals surface area contributed by atoms with Crippen molar-refractivity contribution in [3.05, 3.63) is 0 Å². The maximum Gasteiger partial charge on any atom is 0.0611 e. The van der Waals surface area contributed by atoms with E-state index in [-0.39, 0.29) is 5.54 Å². The predicted molar refractivity (Wildman–Crippen MR) is 66.4 cm³/mol. The van der Waals surface area contributed by atoms with Crippen molar-refractivity contribution < 1.29 is 4.74 Å². The van der Waals surface area contributed by atoms with Crippen LogP contribution < -0.4 is 5.73 Å². The maximum absolute atomic E-state index is 6.00. The molecular weight excluding hydrogens is 200 g/mol. The van der Waals surface area contributed by atoms with Crippen LogP contribution in [0.5, 0.6) is 0 Å². The Kier molecular flexibility index (Phi) is 3.30. The predicted octanol–water partition coefficient (Wildman–Crippen LogP) is 1.61. The fourth-order valence-corrected chi connectivity index (χ4v) is 3.21. The fourth-order valence-electron chi connectivity index (χ4n) is 3.21. The smallest absolute Gasteiger partial charge is 0.0611 e. The van der Waals surface area contributed by atoms with E-state index in [2.05, 4.69) is 25.7 Å². The van der Waals surface area contributed by atoms with Gasteiger partial charge in [0.15, 0.2) is 0 Å². The van der Waals surface area contributed by atoms with E-state index in [0.29, 0.717) is 11.5 Å². The summed E-state index contributed by atoms with van der Waals surface area (Å²) in [6.07, 6.45) is 4.02. The molecule has 0 bridgehead atoms. The molecule has 0 spiro atoms. The van der Waals surface area contributed by atoms with Gasteiger partial charge in [-0.15, -0.1) is 0 Å². The average molecular weight is 226 g/mol. The van der Waals surface area contributed by atoms with Gasteiger partial charge < -0.3 is 10.5 Å². The Balaban J connectivity index is 1.93. The molecule has 3 nitrogen and oxygen atoms in total. The third kappa shape index (κ3) is 2.13. The molecule has 2 N–H and O–H groups in total. The lowest BCUT2D eigenvalue weighted by molar-refractivity contribution is -0.0953. The van der Waals surface area contributed by atoms with E-state index < -0.39 is 0 Å². The van der Waals surface area contributed by atoms with Gasteiger partial charge >= 0.3 is 0 Å². The molecule has 1 saturated heterocycles. The molecule has 0 amide bonds. The van der Waals surface area contributed by atoms with Gasteiger partial charge in [0.2, 0.25) is 0 Å². The Morgan fingerprint density at radius 3 is 2.50 bits per heavy atom. The minimum atomic E-state index is 0.258. The van der Waals surface area contributed by atoms with Crippen molar-refractivity contribution in [1.29, 1.82) is 0 Å². The molecule has 0 unspecified atom stereocenters. The SMILES string of the molecule is CCOC1CC(CN)(N2CCC(C)(C)C2)C1. The summed E-state index contributed by atoms with van der Waals surface area (Å²) < 4.78 is 5.66. The molecule has 0 radical (unpaired) electrons. The number of rotatable bonds is 4.